The van der Waals surface area contributed by atoms with Crippen molar-refractivity contribution in [1.29, 1.82) is 0 Å². The first-order valence-corrected chi connectivity index (χ1v) is 11.8. The minimum atomic E-state index is -3.63. The average molecular weight is 425 g/mol. The maximum Gasteiger partial charge on any atom is 0.240 e. The molecule has 1 aromatic carbocycles. The molecule has 2 N–H and O–H groups in total. The predicted molar refractivity (Wildman–Crippen MR) is 110 cm³/mol. The molecule has 0 bridgehead atoms. The van der Waals surface area contributed by atoms with E-state index in [9.17, 15) is 13.2 Å². The van der Waals surface area contributed by atoms with Crippen LogP contribution in [0.1, 0.15) is 52.0 Å². The van der Waals surface area contributed by atoms with Crippen LogP contribution in [0.2, 0.25) is 0 Å². The molecule has 1 saturated carbocycles. The Labute approximate surface area is 173 Å². The first kappa shape index (κ1) is 22.2. The highest BCUT2D eigenvalue weighted by Gasteiger charge is 2.34. The monoisotopic (exact) mass is 424 g/mol. The Kier molecular flexibility index (Phi) is 6.98. The van der Waals surface area contributed by atoms with Crippen LogP contribution in [0.5, 0.6) is 0 Å². The number of fused-ring (bicyclic) bond motifs is 1. The number of amides is 1. The van der Waals surface area contributed by atoms with Crippen molar-refractivity contribution >= 4 is 15.9 Å². The van der Waals surface area contributed by atoms with Crippen LogP contribution < -0.4 is 10.0 Å². The van der Waals surface area contributed by atoms with Gasteiger partial charge in [0.2, 0.25) is 15.9 Å². The second kappa shape index (κ2) is 9.12. The van der Waals surface area contributed by atoms with Crippen molar-refractivity contribution < 1.29 is 22.7 Å². The van der Waals surface area contributed by atoms with Crippen molar-refractivity contribution in [2.45, 2.75) is 75.0 Å². The van der Waals surface area contributed by atoms with Gasteiger partial charge in [0.15, 0.2) is 0 Å². The van der Waals surface area contributed by atoms with Crippen LogP contribution in [0.3, 0.4) is 0 Å². The van der Waals surface area contributed by atoms with E-state index in [1.165, 1.54) is 0 Å². The zero-order chi connectivity index (χ0) is 21.1. The van der Waals surface area contributed by atoms with Gasteiger partial charge in [-0.15, -0.1) is 0 Å². The topological polar surface area (TPSA) is 93.7 Å². The quantitative estimate of drug-likeness (QED) is 0.729. The number of benzene rings is 1. The Morgan fingerprint density at radius 2 is 1.72 bits per heavy atom. The van der Waals surface area contributed by atoms with Gasteiger partial charge in [0.05, 0.1) is 30.3 Å². The summed E-state index contributed by atoms with van der Waals surface area (Å²) in [6.45, 7) is 7.53. The third-order valence-electron chi connectivity index (χ3n) is 5.52. The fourth-order valence-electron chi connectivity index (χ4n) is 3.81. The number of nitrogens with one attached hydrogen (secondary N) is 2. The number of rotatable bonds is 6. The molecule has 2 aliphatic rings. The highest BCUT2D eigenvalue weighted by Crippen LogP contribution is 2.27. The Morgan fingerprint density at radius 1 is 1.07 bits per heavy atom. The van der Waals surface area contributed by atoms with Crippen molar-refractivity contribution in [2.75, 3.05) is 19.8 Å². The van der Waals surface area contributed by atoms with Crippen molar-refractivity contribution in [3.05, 3.63) is 29.8 Å². The molecule has 2 fully saturated rings. The number of ether oxygens (including phenoxy) is 2. The van der Waals surface area contributed by atoms with Gasteiger partial charge in [-0.1, -0.05) is 32.9 Å². The lowest BCUT2D eigenvalue weighted by atomic mass is 9.87. The van der Waals surface area contributed by atoms with Crippen molar-refractivity contribution in [3.8, 4) is 0 Å². The third kappa shape index (κ3) is 6.01. The molecule has 0 radical (unpaired) electrons. The van der Waals surface area contributed by atoms with E-state index in [1.807, 2.05) is 12.1 Å². The fourth-order valence-corrected chi connectivity index (χ4v) is 4.85. The van der Waals surface area contributed by atoms with Crippen LogP contribution in [0, 0.1) is 0 Å². The molecule has 3 atom stereocenters. The molecule has 7 nitrogen and oxygen atoms in total. The molecule has 1 aliphatic heterocycles. The summed E-state index contributed by atoms with van der Waals surface area (Å²) in [5.74, 6) is -0.157. The first-order chi connectivity index (χ1) is 13.6. The van der Waals surface area contributed by atoms with E-state index in [-0.39, 0.29) is 47.4 Å². The second-order valence-corrected chi connectivity index (χ2v) is 10.6. The van der Waals surface area contributed by atoms with Gasteiger partial charge in [-0.3, -0.25) is 4.79 Å². The van der Waals surface area contributed by atoms with Gasteiger partial charge < -0.3 is 14.8 Å². The summed E-state index contributed by atoms with van der Waals surface area (Å²) in [6, 6.07) is 6.91. The summed E-state index contributed by atoms with van der Waals surface area (Å²) in [7, 11) is -3.63. The second-order valence-electron chi connectivity index (χ2n) is 8.82. The largest absolute Gasteiger partial charge is 0.373 e. The van der Waals surface area contributed by atoms with Gasteiger partial charge >= 0.3 is 0 Å². The Balaban J connectivity index is 1.44. The molecule has 3 rings (SSSR count). The van der Waals surface area contributed by atoms with Crippen LogP contribution in [-0.4, -0.2) is 52.3 Å². The van der Waals surface area contributed by atoms with E-state index in [0.29, 0.717) is 13.2 Å². The van der Waals surface area contributed by atoms with Crippen molar-refractivity contribution in [1.82, 2.24) is 10.0 Å². The van der Waals surface area contributed by atoms with E-state index >= 15 is 0 Å². The Morgan fingerprint density at radius 3 is 2.38 bits per heavy atom. The van der Waals surface area contributed by atoms with Crippen LogP contribution in [-0.2, 0) is 29.7 Å². The molecule has 0 aromatic heterocycles. The van der Waals surface area contributed by atoms with Crippen LogP contribution >= 0.6 is 0 Å². The molecule has 29 heavy (non-hydrogen) atoms. The fraction of sp³-hybridized carbons (Fsp3) is 0.667. The van der Waals surface area contributed by atoms with Gasteiger partial charge in [0.25, 0.3) is 0 Å². The van der Waals surface area contributed by atoms with E-state index < -0.39 is 10.0 Å². The molecule has 162 valence electrons. The van der Waals surface area contributed by atoms with Crippen LogP contribution in [0.25, 0.3) is 0 Å². The SMILES string of the molecule is CC(C)(C)c1ccc(S(=O)(=O)NCCC(=O)N[C@@H]2CC[C@@H]3OCCO[C@@H]3C2)cc1. The molecule has 8 heteroatoms. The Bertz CT molecular complexity index is 801. The minimum Gasteiger partial charge on any atom is -0.373 e. The highest BCUT2D eigenvalue weighted by atomic mass is 32.2. The molecule has 1 amide bonds. The van der Waals surface area contributed by atoms with E-state index in [4.69, 9.17) is 9.47 Å². The lowest BCUT2D eigenvalue weighted by Crippen LogP contribution is -2.49. The summed E-state index contributed by atoms with van der Waals surface area (Å²) < 4.78 is 38.8. The van der Waals surface area contributed by atoms with Gasteiger partial charge in [0, 0.05) is 19.0 Å². The number of hydrogen-bond acceptors (Lipinski definition) is 5. The van der Waals surface area contributed by atoms with E-state index in [0.717, 1.165) is 24.8 Å². The molecule has 0 spiro atoms. The number of carbonyl (C=O) groups excluding carboxylic acids is 1. The third-order valence-corrected chi connectivity index (χ3v) is 7.00. The lowest BCUT2D eigenvalue weighted by molar-refractivity contribution is -0.158. The summed E-state index contributed by atoms with van der Waals surface area (Å²) in [4.78, 5) is 12.4. The number of carbonyl (C=O) groups is 1. The van der Waals surface area contributed by atoms with Gasteiger partial charge in [0.1, 0.15) is 0 Å². The summed E-state index contributed by atoms with van der Waals surface area (Å²) in [5.41, 5.74) is 1.03. The number of sulfonamides is 1. The maximum absolute atomic E-state index is 12.4. The maximum atomic E-state index is 12.4. The Hall–Kier alpha value is -1.48. The zero-order valence-corrected chi connectivity index (χ0v) is 18.3. The molecular weight excluding hydrogens is 392 g/mol. The highest BCUT2D eigenvalue weighted by molar-refractivity contribution is 7.89. The molecule has 1 heterocycles. The minimum absolute atomic E-state index is 0.0392. The van der Waals surface area contributed by atoms with Crippen molar-refractivity contribution in [3.63, 3.8) is 0 Å². The van der Waals surface area contributed by atoms with E-state index in [2.05, 4.69) is 30.8 Å². The predicted octanol–water partition coefficient (Wildman–Crippen LogP) is 2.11. The smallest absolute Gasteiger partial charge is 0.240 e. The normalized spacial score (nSPS) is 25.3. The molecule has 1 saturated heterocycles. The van der Waals surface area contributed by atoms with Gasteiger partial charge in [-0.05, 0) is 42.4 Å². The molecule has 1 aromatic rings. The summed E-state index contributed by atoms with van der Waals surface area (Å²) >= 11 is 0. The zero-order valence-electron chi connectivity index (χ0n) is 17.4. The summed E-state index contributed by atoms with van der Waals surface area (Å²) in [5, 5.41) is 2.99. The molecular formula is C21H32N2O5S. The molecule has 1 aliphatic carbocycles. The van der Waals surface area contributed by atoms with Crippen molar-refractivity contribution in [2.24, 2.45) is 0 Å². The molecule has 0 unspecified atom stereocenters. The van der Waals surface area contributed by atoms with Crippen LogP contribution in [0.15, 0.2) is 29.2 Å². The lowest BCUT2D eigenvalue weighted by Gasteiger charge is -2.39. The standard InChI is InChI=1S/C21H32N2O5S/c1-21(2,3)15-4-7-17(8-5-15)29(25,26)22-11-10-20(24)23-16-6-9-18-19(14-16)28-13-12-27-18/h4-5,7-8,16,18-19,22H,6,9-14H2,1-3H3,(H,23,24)/t16-,18+,19-/m1/s1. The first-order valence-electron chi connectivity index (χ1n) is 10.3. The van der Waals surface area contributed by atoms with Gasteiger partial charge in [-0.2, -0.15) is 0 Å². The average Bonchev–Trinajstić information content (AvgIpc) is 2.67. The van der Waals surface area contributed by atoms with E-state index in [1.54, 1.807) is 12.1 Å². The summed E-state index contributed by atoms with van der Waals surface area (Å²) in [6.07, 6.45) is 2.73. The van der Waals surface area contributed by atoms with Gasteiger partial charge in [-0.25, -0.2) is 13.1 Å². The number of hydrogen-bond donors (Lipinski definition) is 2. The van der Waals surface area contributed by atoms with Crippen LogP contribution in [0.4, 0.5) is 0 Å².